The van der Waals surface area contributed by atoms with Gasteiger partial charge in [-0.25, -0.2) is 0 Å². The molecule has 3 N–H and O–H groups in total. The van der Waals surface area contributed by atoms with Gasteiger partial charge in [-0.05, 0) is 6.92 Å². The molecule has 0 saturated heterocycles. The van der Waals surface area contributed by atoms with Crippen LogP contribution >= 0.6 is 11.3 Å². The van der Waals surface area contributed by atoms with E-state index in [1.165, 1.54) is 0 Å². The lowest BCUT2D eigenvalue weighted by Gasteiger charge is -1.96. The Bertz CT molecular complexity index is 210. The molecule has 1 rings (SSSR count). The molecule has 0 atom stereocenters. The van der Waals surface area contributed by atoms with Crippen LogP contribution in [-0.4, -0.2) is 23.3 Å². The highest BCUT2D eigenvalue weighted by Crippen LogP contribution is 2.06. The number of rotatable bonds is 4. The van der Waals surface area contributed by atoms with Gasteiger partial charge in [0.25, 0.3) is 0 Å². The first-order valence-corrected chi connectivity index (χ1v) is 4.34. The van der Waals surface area contributed by atoms with Crippen molar-refractivity contribution in [1.29, 1.82) is 0 Å². The lowest BCUT2D eigenvalue weighted by Crippen LogP contribution is -2.21. The first-order chi connectivity index (χ1) is 5.33. The Balaban J connectivity index is 2.27. The van der Waals surface area contributed by atoms with Crippen molar-refractivity contribution in [2.45, 2.75) is 13.5 Å². The van der Waals surface area contributed by atoms with Crippen molar-refractivity contribution in [3.05, 3.63) is 10.0 Å². The van der Waals surface area contributed by atoms with Crippen molar-refractivity contribution >= 4 is 11.3 Å². The Labute approximate surface area is 69.8 Å². The molecule has 0 aliphatic rings. The molecule has 0 fully saturated rings. The number of nitrogens with one attached hydrogen (secondary N) is 1. The maximum Gasteiger partial charge on any atom is 0.131 e. The smallest absolute Gasteiger partial charge is 0.131 e. The van der Waals surface area contributed by atoms with Gasteiger partial charge in [-0.3, -0.25) is 0 Å². The molecule has 1 heterocycles. The molecule has 0 unspecified atom stereocenters. The average Bonchev–Trinajstić information content (AvgIpc) is 2.37. The number of nitrogens with zero attached hydrogens (tertiary/aromatic N) is 2. The number of aromatic nitrogens is 2. The highest BCUT2D eigenvalue weighted by molar-refractivity contribution is 7.11. The third kappa shape index (κ3) is 2.92. The summed E-state index contributed by atoms with van der Waals surface area (Å²) in [4.78, 5) is 0. The zero-order valence-corrected chi connectivity index (χ0v) is 7.32. The maximum absolute atomic E-state index is 5.30. The Morgan fingerprint density at radius 2 is 2.36 bits per heavy atom. The number of aryl methyl sites for hydroxylation is 1. The van der Waals surface area contributed by atoms with E-state index in [9.17, 15) is 0 Å². The highest BCUT2D eigenvalue weighted by atomic mass is 32.1. The summed E-state index contributed by atoms with van der Waals surface area (Å²) in [6.07, 6.45) is 0. The van der Waals surface area contributed by atoms with Gasteiger partial charge >= 0.3 is 0 Å². The van der Waals surface area contributed by atoms with Crippen molar-refractivity contribution in [2.75, 3.05) is 13.1 Å². The molecule has 0 aliphatic heterocycles. The fourth-order valence-corrected chi connectivity index (χ4v) is 1.38. The first kappa shape index (κ1) is 8.58. The molecule has 1 aromatic rings. The number of hydrogen-bond donors (Lipinski definition) is 2. The highest BCUT2D eigenvalue weighted by Gasteiger charge is 1.97. The Kier molecular flexibility index (Phi) is 3.41. The summed E-state index contributed by atoms with van der Waals surface area (Å²) >= 11 is 1.61. The summed E-state index contributed by atoms with van der Waals surface area (Å²) < 4.78 is 0. The second-order valence-corrected chi connectivity index (χ2v) is 3.45. The van der Waals surface area contributed by atoms with E-state index in [2.05, 4.69) is 15.5 Å². The van der Waals surface area contributed by atoms with Crippen LogP contribution in [0.3, 0.4) is 0 Å². The molecule has 5 heteroatoms. The van der Waals surface area contributed by atoms with Crippen LogP contribution in [0.25, 0.3) is 0 Å². The van der Waals surface area contributed by atoms with Gasteiger partial charge in [0.1, 0.15) is 10.0 Å². The summed E-state index contributed by atoms with van der Waals surface area (Å²) in [5, 5.41) is 13.0. The molecular formula is C6H12N4S. The van der Waals surface area contributed by atoms with Gasteiger partial charge in [0.05, 0.1) is 0 Å². The third-order valence-corrected chi connectivity index (χ3v) is 2.00. The monoisotopic (exact) mass is 172 g/mol. The molecule has 4 nitrogen and oxygen atoms in total. The molecule has 0 spiro atoms. The molecule has 0 bridgehead atoms. The quantitative estimate of drug-likeness (QED) is 0.622. The fraction of sp³-hybridized carbons (Fsp3) is 0.667. The van der Waals surface area contributed by atoms with Gasteiger partial charge in [-0.15, -0.1) is 21.5 Å². The topological polar surface area (TPSA) is 63.8 Å². The van der Waals surface area contributed by atoms with Crippen LogP contribution in [0.2, 0.25) is 0 Å². The molecule has 0 aliphatic carbocycles. The van der Waals surface area contributed by atoms with Crippen molar-refractivity contribution in [3.63, 3.8) is 0 Å². The van der Waals surface area contributed by atoms with E-state index in [0.29, 0.717) is 6.54 Å². The van der Waals surface area contributed by atoms with E-state index in [1.54, 1.807) is 11.3 Å². The Morgan fingerprint density at radius 3 is 2.91 bits per heavy atom. The van der Waals surface area contributed by atoms with Gasteiger partial charge in [0.15, 0.2) is 0 Å². The Morgan fingerprint density at radius 1 is 1.55 bits per heavy atom. The van der Waals surface area contributed by atoms with Gasteiger partial charge < -0.3 is 11.1 Å². The predicted molar refractivity (Wildman–Crippen MR) is 45.4 cm³/mol. The van der Waals surface area contributed by atoms with E-state index < -0.39 is 0 Å². The van der Waals surface area contributed by atoms with E-state index in [1.807, 2.05) is 6.92 Å². The van der Waals surface area contributed by atoms with Gasteiger partial charge in [-0.2, -0.15) is 0 Å². The minimum atomic E-state index is 0.664. The van der Waals surface area contributed by atoms with Crippen molar-refractivity contribution in [3.8, 4) is 0 Å². The molecule has 0 aromatic carbocycles. The van der Waals surface area contributed by atoms with E-state index >= 15 is 0 Å². The number of hydrogen-bond acceptors (Lipinski definition) is 5. The van der Waals surface area contributed by atoms with Crippen LogP contribution in [0.4, 0.5) is 0 Å². The summed E-state index contributed by atoms with van der Waals surface area (Å²) in [5.41, 5.74) is 5.30. The fourth-order valence-electron chi connectivity index (χ4n) is 0.706. The van der Waals surface area contributed by atoms with Gasteiger partial charge in [0, 0.05) is 19.6 Å². The largest absolute Gasteiger partial charge is 0.329 e. The van der Waals surface area contributed by atoms with Crippen molar-refractivity contribution in [2.24, 2.45) is 5.73 Å². The zero-order chi connectivity index (χ0) is 8.10. The molecule has 0 amide bonds. The zero-order valence-electron chi connectivity index (χ0n) is 6.50. The summed E-state index contributed by atoms with van der Waals surface area (Å²) in [5.74, 6) is 0. The second kappa shape index (κ2) is 4.38. The van der Waals surface area contributed by atoms with Crippen LogP contribution < -0.4 is 11.1 Å². The van der Waals surface area contributed by atoms with Crippen molar-refractivity contribution < 1.29 is 0 Å². The lowest BCUT2D eigenvalue weighted by atomic mass is 10.6. The molecular weight excluding hydrogens is 160 g/mol. The first-order valence-electron chi connectivity index (χ1n) is 3.52. The molecule has 1 aromatic heterocycles. The third-order valence-electron chi connectivity index (χ3n) is 1.17. The normalized spacial score (nSPS) is 10.4. The summed E-state index contributed by atoms with van der Waals surface area (Å²) in [6.45, 7) is 4.23. The molecule has 0 radical (unpaired) electrons. The molecule has 62 valence electrons. The van der Waals surface area contributed by atoms with Crippen LogP contribution in [-0.2, 0) is 6.54 Å². The van der Waals surface area contributed by atoms with Gasteiger partial charge in [0.2, 0.25) is 0 Å². The minimum absolute atomic E-state index is 0.664. The van der Waals surface area contributed by atoms with Crippen molar-refractivity contribution in [1.82, 2.24) is 15.5 Å². The van der Waals surface area contributed by atoms with E-state index in [-0.39, 0.29) is 0 Å². The molecule has 11 heavy (non-hydrogen) atoms. The maximum atomic E-state index is 5.30. The van der Waals surface area contributed by atoms with Gasteiger partial charge in [-0.1, -0.05) is 0 Å². The standard InChI is InChI=1S/C6H12N4S/c1-5-9-10-6(11-5)4-8-3-2-7/h8H,2-4,7H2,1H3. The van der Waals surface area contributed by atoms with Crippen LogP contribution in [0.5, 0.6) is 0 Å². The summed E-state index contributed by atoms with van der Waals surface area (Å²) in [7, 11) is 0. The SMILES string of the molecule is Cc1nnc(CNCCN)s1. The predicted octanol–water partition coefficient (Wildman–Crippen LogP) is -0.105. The van der Waals surface area contributed by atoms with E-state index in [4.69, 9.17) is 5.73 Å². The van der Waals surface area contributed by atoms with Crippen LogP contribution in [0.15, 0.2) is 0 Å². The average molecular weight is 172 g/mol. The Hall–Kier alpha value is -0.520. The minimum Gasteiger partial charge on any atom is -0.329 e. The number of nitrogens with two attached hydrogens (primary N) is 1. The van der Waals surface area contributed by atoms with E-state index in [0.717, 1.165) is 23.1 Å². The second-order valence-electron chi connectivity index (χ2n) is 2.18. The van der Waals surface area contributed by atoms with Crippen LogP contribution in [0.1, 0.15) is 10.0 Å². The lowest BCUT2D eigenvalue weighted by molar-refractivity contribution is 0.686. The summed E-state index contributed by atoms with van der Waals surface area (Å²) in [6, 6.07) is 0. The molecule has 0 saturated carbocycles. The van der Waals surface area contributed by atoms with Crippen LogP contribution in [0, 0.1) is 6.92 Å².